The third-order valence-corrected chi connectivity index (χ3v) is 3.90. The van der Waals surface area contributed by atoms with Crippen LogP contribution in [-0.2, 0) is 13.0 Å². The van der Waals surface area contributed by atoms with Crippen LogP contribution in [0, 0.1) is 8.99 Å². The SMILES string of the molecule is CC1(C)Cc2nc3[nH]cc(I)c3c(=O)n2C1. The molecule has 5 heteroatoms. The van der Waals surface area contributed by atoms with E-state index < -0.39 is 0 Å². The molecule has 16 heavy (non-hydrogen) atoms. The molecule has 4 nitrogen and oxygen atoms in total. The maximum atomic E-state index is 12.3. The highest BCUT2D eigenvalue weighted by Gasteiger charge is 2.31. The van der Waals surface area contributed by atoms with Crippen molar-refractivity contribution in [3.05, 3.63) is 25.9 Å². The van der Waals surface area contributed by atoms with Crippen LogP contribution in [0.5, 0.6) is 0 Å². The van der Waals surface area contributed by atoms with Crippen LogP contribution in [0.3, 0.4) is 0 Å². The normalized spacial score (nSPS) is 17.9. The van der Waals surface area contributed by atoms with Gasteiger partial charge in [-0.1, -0.05) is 13.8 Å². The summed E-state index contributed by atoms with van der Waals surface area (Å²) in [5.41, 5.74) is 0.957. The molecule has 1 aliphatic rings. The van der Waals surface area contributed by atoms with E-state index in [2.05, 4.69) is 46.4 Å². The Balaban J connectivity index is 2.37. The molecule has 0 radical (unpaired) electrons. The lowest BCUT2D eigenvalue weighted by atomic mass is 9.92. The van der Waals surface area contributed by atoms with E-state index in [0.717, 1.165) is 33.4 Å². The number of nitrogens with zero attached hydrogens (tertiary/aromatic N) is 2. The van der Waals surface area contributed by atoms with Gasteiger partial charge in [-0.2, -0.15) is 0 Å². The lowest BCUT2D eigenvalue weighted by molar-refractivity contribution is 0.357. The Morgan fingerprint density at radius 1 is 1.56 bits per heavy atom. The van der Waals surface area contributed by atoms with Crippen LogP contribution < -0.4 is 5.56 Å². The summed E-state index contributed by atoms with van der Waals surface area (Å²) in [4.78, 5) is 19.9. The maximum Gasteiger partial charge on any atom is 0.264 e. The van der Waals surface area contributed by atoms with Gasteiger partial charge in [0.2, 0.25) is 0 Å². The van der Waals surface area contributed by atoms with Crippen molar-refractivity contribution in [2.24, 2.45) is 5.41 Å². The Kier molecular flexibility index (Phi) is 1.99. The molecule has 0 bridgehead atoms. The van der Waals surface area contributed by atoms with Crippen molar-refractivity contribution in [1.29, 1.82) is 0 Å². The Hall–Kier alpha value is -0.850. The molecule has 1 aliphatic heterocycles. The van der Waals surface area contributed by atoms with Crippen LogP contribution >= 0.6 is 22.6 Å². The van der Waals surface area contributed by atoms with E-state index in [1.54, 1.807) is 0 Å². The minimum atomic E-state index is 0.0937. The van der Waals surface area contributed by atoms with E-state index in [1.807, 2.05) is 10.8 Å². The first kappa shape index (κ1) is 10.3. The van der Waals surface area contributed by atoms with Crippen molar-refractivity contribution in [3.8, 4) is 0 Å². The number of H-pyrrole nitrogens is 1. The molecule has 2 aromatic heterocycles. The second kappa shape index (κ2) is 3.09. The van der Waals surface area contributed by atoms with E-state index in [0.29, 0.717) is 0 Å². The fourth-order valence-electron chi connectivity index (χ4n) is 2.33. The Bertz CT molecular complexity index is 638. The molecule has 0 saturated heterocycles. The molecule has 1 N–H and O–H groups in total. The Morgan fingerprint density at radius 3 is 3.06 bits per heavy atom. The summed E-state index contributed by atoms with van der Waals surface area (Å²) >= 11 is 2.17. The van der Waals surface area contributed by atoms with Crippen molar-refractivity contribution < 1.29 is 0 Å². The Labute approximate surface area is 106 Å². The highest BCUT2D eigenvalue weighted by Crippen LogP contribution is 2.30. The first-order chi connectivity index (χ1) is 7.48. The molecule has 0 atom stereocenters. The van der Waals surface area contributed by atoms with Crippen molar-refractivity contribution in [2.75, 3.05) is 0 Å². The van der Waals surface area contributed by atoms with E-state index in [9.17, 15) is 4.79 Å². The van der Waals surface area contributed by atoms with Gasteiger partial charge in [-0.05, 0) is 28.0 Å². The van der Waals surface area contributed by atoms with Gasteiger partial charge in [0.25, 0.3) is 5.56 Å². The van der Waals surface area contributed by atoms with Gasteiger partial charge in [-0.15, -0.1) is 0 Å². The maximum absolute atomic E-state index is 12.3. The van der Waals surface area contributed by atoms with Gasteiger partial charge >= 0.3 is 0 Å². The smallest absolute Gasteiger partial charge is 0.264 e. The van der Waals surface area contributed by atoms with Gasteiger partial charge in [-0.25, -0.2) is 4.98 Å². The topological polar surface area (TPSA) is 50.7 Å². The molecule has 3 heterocycles. The number of aromatic amines is 1. The number of hydrogen-bond donors (Lipinski definition) is 1. The van der Waals surface area contributed by atoms with Crippen LogP contribution in [0.2, 0.25) is 0 Å². The molecule has 84 valence electrons. The van der Waals surface area contributed by atoms with E-state index in [1.165, 1.54) is 0 Å². The van der Waals surface area contributed by atoms with Crippen molar-refractivity contribution in [3.63, 3.8) is 0 Å². The van der Waals surface area contributed by atoms with Gasteiger partial charge in [0.15, 0.2) is 0 Å². The number of hydrogen-bond acceptors (Lipinski definition) is 2. The molecule has 0 aromatic carbocycles. The predicted molar refractivity (Wildman–Crippen MR) is 70.6 cm³/mol. The number of halogens is 1. The lowest BCUT2D eigenvalue weighted by Gasteiger charge is -2.13. The first-order valence-electron chi connectivity index (χ1n) is 5.24. The van der Waals surface area contributed by atoms with Gasteiger partial charge < -0.3 is 4.98 Å². The van der Waals surface area contributed by atoms with Crippen LogP contribution in [-0.4, -0.2) is 14.5 Å². The third kappa shape index (κ3) is 1.33. The highest BCUT2D eigenvalue weighted by atomic mass is 127. The quantitative estimate of drug-likeness (QED) is 0.751. The fourth-order valence-corrected chi connectivity index (χ4v) is 2.97. The zero-order valence-corrected chi connectivity index (χ0v) is 11.3. The summed E-state index contributed by atoms with van der Waals surface area (Å²) in [7, 11) is 0. The van der Waals surface area contributed by atoms with Crippen molar-refractivity contribution >= 4 is 33.6 Å². The minimum Gasteiger partial charge on any atom is -0.345 e. The first-order valence-corrected chi connectivity index (χ1v) is 6.32. The summed E-state index contributed by atoms with van der Waals surface area (Å²) in [6, 6.07) is 0. The minimum absolute atomic E-state index is 0.0937. The molecule has 0 fully saturated rings. The summed E-state index contributed by atoms with van der Waals surface area (Å²) in [5.74, 6) is 0.903. The second-order valence-corrected chi connectivity index (χ2v) is 6.28. The standard InChI is InChI=1S/C11H12IN3O/c1-11(2)3-7-14-9-8(6(12)4-13-9)10(16)15(7)5-11/h4,13H,3,5H2,1-2H3. The van der Waals surface area contributed by atoms with Crippen LogP contribution in [0.4, 0.5) is 0 Å². The van der Waals surface area contributed by atoms with Crippen LogP contribution in [0.25, 0.3) is 11.0 Å². The summed E-state index contributed by atoms with van der Waals surface area (Å²) in [6.45, 7) is 5.10. The van der Waals surface area contributed by atoms with Crippen molar-refractivity contribution in [2.45, 2.75) is 26.8 Å². The predicted octanol–water partition coefficient (Wildman–Crippen LogP) is 1.91. The van der Waals surface area contributed by atoms with E-state index >= 15 is 0 Å². The molecule has 0 spiro atoms. The molecular formula is C11H12IN3O. The molecule has 3 rings (SSSR count). The summed E-state index contributed by atoms with van der Waals surface area (Å²) in [6.07, 6.45) is 2.70. The molecule has 0 aliphatic carbocycles. The highest BCUT2D eigenvalue weighted by molar-refractivity contribution is 14.1. The van der Waals surface area contributed by atoms with Gasteiger partial charge in [-0.3, -0.25) is 9.36 Å². The van der Waals surface area contributed by atoms with Gasteiger partial charge in [0, 0.05) is 22.7 Å². The molecule has 2 aromatic rings. The lowest BCUT2D eigenvalue weighted by Crippen LogP contribution is -2.23. The third-order valence-electron chi connectivity index (χ3n) is 3.05. The zero-order valence-electron chi connectivity index (χ0n) is 9.17. The number of aromatic nitrogens is 3. The molecule has 0 saturated carbocycles. The largest absolute Gasteiger partial charge is 0.345 e. The summed E-state index contributed by atoms with van der Waals surface area (Å²) in [5, 5.41) is 0.724. The van der Waals surface area contributed by atoms with Gasteiger partial charge in [0.05, 0.1) is 5.39 Å². The molecular weight excluding hydrogens is 317 g/mol. The average molecular weight is 329 g/mol. The number of rotatable bonds is 0. The number of fused-ring (bicyclic) bond motifs is 2. The summed E-state index contributed by atoms with van der Waals surface area (Å²) < 4.78 is 2.77. The van der Waals surface area contributed by atoms with Crippen LogP contribution in [0.1, 0.15) is 19.7 Å². The van der Waals surface area contributed by atoms with E-state index in [-0.39, 0.29) is 11.0 Å². The zero-order chi connectivity index (χ0) is 11.5. The molecule has 0 unspecified atom stereocenters. The van der Waals surface area contributed by atoms with E-state index in [4.69, 9.17) is 0 Å². The monoisotopic (exact) mass is 329 g/mol. The van der Waals surface area contributed by atoms with Gasteiger partial charge in [0.1, 0.15) is 11.5 Å². The van der Waals surface area contributed by atoms with Crippen LogP contribution in [0.15, 0.2) is 11.0 Å². The van der Waals surface area contributed by atoms with Crippen molar-refractivity contribution in [1.82, 2.24) is 14.5 Å². The molecule has 0 amide bonds. The second-order valence-electron chi connectivity index (χ2n) is 5.12. The number of nitrogens with one attached hydrogen (secondary N) is 1. The fraction of sp³-hybridized carbons (Fsp3) is 0.455. The Morgan fingerprint density at radius 2 is 2.31 bits per heavy atom. The average Bonchev–Trinajstić information content (AvgIpc) is 2.67.